The molecule has 8 heavy (non-hydrogen) atoms. The summed E-state index contributed by atoms with van der Waals surface area (Å²) < 4.78 is 0. The van der Waals surface area contributed by atoms with Crippen LogP contribution < -0.4 is 0 Å². The highest BCUT2D eigenvalue weighted by molar-refractivity contribution is 5.47. The zero-order valence-electron chi connectivity index (χ0n) is 5.42. The monoisotopic (exact) mass is 114 g/mol. The van der Waals surface area contributed by atoms with Crippen LogP contribution in [-0.4, -0.2) is 17.9 Å². The van der Waals surface area contributed by atoms with Crippen LogP contribution in [0.5, 0.6) is 0 Å². The van der Waals surface area contributed by atoms with Gasteiger partial charge in [0.15, 0.2) is 0 Å². The molecule has 1 radical (unpaired) electrons. The Bertz CT molecular complexity index is 63.5. The Labute approximate surface area is 50.5 Å². The quantitative estimate of drug-likeness (QED) is 0.500. The van der Waals surface area contributed by atoms with Gasteiger partial charge in [0.1, 0.15) is 0 Å². The fraction of sp³-hybridized carbons (Fsp3) is 0.667. The van der Waals surface area contributed by atoms with Crippen molar-refractivity contribution in [2.24, 2.45) is 0 Å². The summed E-state index contributed by atoms with van der Waals surface area (Å²) in [5, 5.41) is 0. The van der Waals surface area contributed by atoms with Crippen LogP contribution in [0, 0.1) is 6.54 Å². The number of amides is 1. The van der Waals surface area contributed by atoms with Gasteiger partial charge in [0, 0.05) is 13.1 Å². The van der Waals surface area contributed by atoms with Crippen molar-refractivity contribution >= 4 is 6.41 Å². The summed E-state index contributed by atoms with van der Waals surface area (Å²) in [6.07, 6.45) is 1.85. The minimum absolute atomic E-state index is 0.833. The van der Waals surface area contributed by atoms with Crippen molar-refractivity contribution in [3.05, 3.63) is 6.54 Å². The first-order valence-electron chi connectivity index (χ1n) is 2.85. The number of rotatable bonds is 4. The molecule has 0 aliphatic heterocycles. The Morgan fingerprint density at radius 2 is 2.25 bits per heavy atom. The fourth-order valence-electron chi connectivity index (χ4n) is 0.501. The minimum Gasteiger partial charge on any atom is -0.341 e. The molecule has 1 amide bonds. The van der Waals surface area contributed by atoms with Gasteiger partial charge in [-0.15, -0.1) is 0 Å². The second-order valence-corrected chi connectivity index (χ2v) is 1.60. The lowest BCUT2D eigenvalue weighted by Crippen LogP contribution is -2.17. The molecule has 0 aromatic rings. The average molecular weight is 114 g/mol. The Balaban J connectivity index is 3.21. The SMILES string of the molecule is C[CH]N(C=O)CCC. The molecule has 0 aromatic heterocycles. The highest BCUT2D eigenvalue weighted by Crippen LogP contribution is 1.87. The molecule has 2 nitrogen and oxygen atoms in total. The molecular formula is C6H12NO. The van der Waals surface area contributed by atoms with E-state index in [1.807, 2.05) is 13.8 Å². The fourth-order valence-corrected chi connectivity index (χ4v) is 0.501. The Kier molecular flexibility index (Phi) is 4.32. The molecule has 47 valence electrons. The van der Waals surface area contributed by atoms with Crippen molar-refractivity contribution in [1.82, 2.24) is 4.90 Å². The van der Waals surface area contributed by atoms with E-state index in [-0.39, 0.29) is 0 Å². The molecule has 0 atom stereocenters. The molecular weight excluding hydrogens is 102 g/mol. The van der Waals surface area contributed by atoms with Gasteiger partial charge in [-0.1, -0.05) is 6.92 Å². The highest BCUT2D eigenvalue weighted by atomic mass is 16.1. The van der Waals surface area contributed by atoms with Crippen molar-refractivity contribution in [2.45, 2.75) is 20.3 Å². The van der Waals surface area contributed by atoms with Crippen LogP contribution in [0.2, 0.25) is 0 Å². The lowest BCUT2D eigenvalue weighted by Gasteiger charge is -2.10. The number of hydrogen-bond donors (Lipinski definition) is 0. The van der Waals surface area contributed by atoms with Gasteiger partial charge in [0.05, 0.1) is 0 Å². The number of carbonyl (C=O) groups excluding carboxylic acids is 1. The molecule has 0 saturated carbocycles. The molecule has 0 fully saturated rings. The van der Waals surface area contributed by atoms with Gasteiger partial charge in [-0.05, 0) is 13.3 Å². The minimum atomic E-state index is 0.833. The summed E-state index contributed by atoms with van der Waals surface area (Å²) in [5.74, 6) is 0. The number of nitrogens with zero attached hydrogens (tertiary/aromatic N) is 1. The van der Waals surface area contributed by atoms with E-state index in [0.29, 0.717) is 0 Å². The molecule has 0 aliphatic carbocycles. The normalized spacial score (nSPS) is 8.75. The first kappa shape index (κ1) is 7.47. The van der Waals surface area contributed by atoms with Crippen LogP contribution in [0.15, 0.2) is 0 Å². The van der Waals surface area contributed by atoms with E-state index >= 15 is 0 Å². The average Bonchev–Trinajstić information content (AvgIpc) is 1.83. The molecule has 0 N–H and O–H groups in total. The summed E-state index contributed by atoms with van der Waals surface area (Å²) in [4.78, 5) is 11.6. The zero-order chi connectivity index (χ0) is 6.41. The molecule has 0 aromatic carbocycles. The van der Waals surface area contributed by atoms with Gasteiger partial charge in [0.2, 0.25) is 6.41 Å². The second kappa shape index (κ2) is 4.62. The third-order valence-electron chi connectivity index (χ3n) is 0.949. The van der Waals surface area contributed by atoms with Crippen molar-refractivity contribution in [2.75, 3.05) is 6.54 Å². The van der Waals surface area contributed by atoms with Gasteiger partial charge >= 0.3 is 0 Å². The van der Waals surface area contributed by atoms with Crippen LogP contribution in [0.1, 0.15) is 20.3 Å². The van der Waals surface area contributed by atoms with Crippen LogP contribution in [0.4, 0.5) is 0 Å². The lowest BCUT2D eigenvalue weighted by molar-refractivity contribution is -0.116. The van der Waals surface area contributed by atoms with Crippen molar-refractivity contribution in [1.29, 1.82) is 0 Å². The first-order chi connectivity index (χ1) is 3.85. The van der Waals surface area contributed by atoms with E-state index in [1.165, 1.54) is 0 Å². The van der Waals surface area contributed by atoms with Crippen LogP contribution in [0.3, 0.4) is 0 Å². The third kappa shape index (κ3) is 2.61. The zero-order valence-corrected chi connectivity index (χ0v) is 5.42. The summed E-state index contributed by atoms with van der Waals surface area (Å²) in [5.41, 5.74) is 0. The Hall–Kier alpha value is -0.530. The molecule has 0 rings (SSSR count). The van der Waals surface area contributed by atoms with Crippen LogP contribution >= 0.6 is 0 Å². The number of carbonyl (C=O) groups is 1. The van der Waals surface area contributed by atoms with Crippen molar-refractivity contribution < 1.29 is 4.79 Å². The molecule has 0 spiro atoms. The molecule has 0 aliphatic rings. The predicted octanol–water partition coefficient (Wildman–Crippen LogP) is 1.04. The summed E-state index contributed by atoms with van der Waals surface area (Å²) >= 11 is 0. The molecule has 0 heterocycles. The topological polar surface area (TPSA) is 20.3 Å². The van der Waals surface area contributed by atoms with E-state index < -0.39 is 0 Å². The molecule has 0 saturated heterocycles. The first-order valence-corrected chi connectivity index (χ1v) is 2.85. The maximum atomic E-state index is 10.0. The van der Waals surface area contributed by atoms with Gasteiger partial charge in [-0.3, -0.25) is 4.79 Å². The number of hydrogen-bond acceptors (Lipinski definition) is 1. The maximum absolute atomic E-state index is 10.0. The van der Waals surface area contributed by atoms with Crippen molar-refractivity contribution in [3.63, 3.8) is 0 Å². The van der Waals surface area contributed by atoms with E-state index in [9.17, 15) is 4.79 Å². The van der Waals surface area contributed by atoms with E-state index in [1.54, 1.807) is 11.4 Å². The third-order valence-corrected chi connectivity index (χ3v) is 0.949. The standard InChI is InChI=1S/C6H12NO/c1-3-5-7(4-2)6-8/h4,6H,3,5H2,1-2H3. The van der Waals surface area contributed by atoms with Gasteiger partial charge in [-0.2, -0.15) is 0 Å². The van der Waals surface area contributed by atoms with Crippen molar-refractivity contribution in [3.8, 4) is 0 Å². The van der Waals surface area contributed by atoms with Gasteiger partial charge in [0.25, 0.3) is 0 Å². The van der Waals surface area contributed by atoms with Crippen LogP contribution in [0.25, 0.3) is 0 Å². The molecule has 0 bridgehead atoms. The summed E-state index contributed by atoms with van der Waals surface area (Å²) in [6, 6.07) is 0. The molecule has 2 heteroatoms. The smallest absolute Gasteiger partial charge is 0.210 e. The van der Waals surface area contributed by atoms with Crippen LogP contribution in [-0.2, 0) is 4.79 Å². The highest BCUT2D eigenvalue weighted by Gasteiger charge is 1.92. The largest absolute Gasteiger partial charge is 0.341 e. The van der Waals surface area contributed by atoms with E-state index in [0.717, 1.165) is 19.4 Å². The van der Waals surface area contributed by atoms with E-state index in [2.05, 4.69) is 0 Å². The second-order valence-electron chi connectivity index (χ2n) is 1.60. The van der Waals surface area contributed by atoms with E-state index in [4.69, 9.17) is 0 Å². The lowest BCUT2D eigenvalue weighted by atomic mass is 10.4. The Morgan fingerprint density at radius 3 is 2.38 bits per heavy atom. The maximum Gasteiger partial charge on any atom is 0.210 e. The summed E-state index contributed by atoms with van der Waals surface area (Å²) in [7, 11) is 0. The summed E-state index contributed by atoms with van der Waals surface area (Å²) in [6.45, 7) is 6.50. The van der Waals surface area contributed by atoms with Gasteiger partial charge in [-0.25, -0.2) is 0 Å². The van der Waals surface area contributed by atoms with Gasteiger partial charge < -0.3 is 4.90 Å². The molecule has 0 unspecified atom stereocenters. The predicted molar refractivity (Wildman–Crippen MR) is 33.0 cm³/mol. The Morgan fingerprint density at radius 1 is 1.62 bits per heavy atom.